The van der Waals surface area contributed by atoms with Crippen molar-refractivity contribution < 1.29 is 49.6 Å². The topological polar surface area (TPSA) is 158 Å². The van der Waals surface area contributed by atoms with Crippen LogP contribution in [-0.4, -0.2) is 106 Å². The number of fused-ring (bicyclic) bond motifs is 1. The van der Waals surface area contributed by atoms with Gasteiger partial charge in [-0.05, 0) is 35.7 Å². The lowest BCUT2D eigenvalue weighted by Gasteiger charge is -2.56. The molecule has 178 valence electrons. The molecule has 2 bridgehead atoms. The van der Waals surface area contributed by atoms with Gasteiger partial charge in [0.05, 0.1) is 26.4 Å². The summed E-state index contributed by atoms with van der Waals surface area (Å²) in [7, 11) is 0. The van der Waals surface area contributed by atoms with E-state index in [1.165, 1.54) is 0 Å². The molecular weight excluding hydrogens is 412 g/mol. The Hall–Kier alpha value is -0.660. The van der Waals surface area contributed by atoms with Crippen molar-refractivity contribution in [1.29, 1.82) is 0 Å². The van der Waals surface area contributed by atoms with E-state index in [0.29, 0.717) is 11.8 Å². The molecule has 5 rings (SSSR count). The zero-order chi connectivity index (χ0) is 22.6. The van der Waals surface area contributed by atoms with Crippen molar-refractivity contribution in [2.24, 2.45) is 17.3 Å². The first-order chi connectivity index (χ1) is 14.6. The standard InChI is InChI=1S/C21H34O10/c1-20(2)11-4-3-10(12(20)5-11)6-28-18-16(25)15(24)14(23)13(31-18)7-29-19-17(26)21(27,8-22)9-30-19/h3,11-19,22-27H,4-9H2,1-2H3. The van der Waals surface area contributed by atoms with Gasteiger partial charge in [0.15, 0.2) is 12.6 Å². The maximum atomic E-state index is 10.3. The summed E-state index contributed by atoms with van der Waals surface area (Å²) in [4.78, 5) is 0. The lowest BCUT2D eigenvalue weighted by atomic mass is 9.49. The Balaban J connectivity index is 1.33. The van der Waals surface area contributed by atoms with Gasteiger partial charge in [0.2, 0.25) is 0 Å². The van der Waals surface area contributed by atoms with Crippen LogP contribution in [-0.2, 0) is 18.9 Å². The average Bonchev–Trinajstić information content (AvgIpc) is 3.05. The molecule has 10 nitrogen and oxygen atoms in total. The molecule has 6 N–H and O–H groups in total. The number of ether oxygens (including phenoxy) is 4. The molecule has 0 amide bonds. The zero-order valence-corrected chi connectivity index (χ0v) is 17.8. The minimum atomic E-state index is -1.83. The summed E-state index contributed by atoms with van der Waals surface area (Å²) in [6.45, 7) is 3.43. The van der Waals surface area contributed by atoms with Crippen LogP contribution in [0.4, 0.5) is 0 Å². The molecule has 2 heterocycles. The van der Waals surface area contributed by atoms with E-state index in [-0.39, 0.29) is 25.2 Å². The Bertz CT molecular complexity index is 683. The molecule has 0 aromatic carbocycles. The first-order valence-electron chi connectivity index (χ1n) is 10.8. The minimum Gasteiger partial charge on any atom is -0.393 e. The maximum absolute atomic E-state index is 10.3. The molecule has 3 aliphatic carbocycles. The van der Waals surface area contributed by atoms with Gasteiger partial charge in [0.25, 0.3) is 0 Å². The number of hydrogen-bond donors (Lipinski definition) is 6. The van der Waals surface area contributed by atoms with E-state index in [1.54, 1.807) is 0 Å². The fourth-order valence-corrected chi connectivity index (χ4v) is 5.14. The first-order valence-corrected chi connectivity index (χ1v) is 10.8. The molecule has 0 aromatic rings. The van der Waals surface area contributed by atoms with Crippen LogP contribution in [0.15, 0.2) is 11.6 Å². The third kappa shape index (κ3) is 4.08. The number of allylic oxidation sites excluding steroid dienone is 1. The second-order valence-electron chi connectivity index (χ2n) is 9.87. The van der Waals surface area contributed by atoms with Crippen molar-refractivity contribution in [3.63, 3.8) is 0 Å². The Morgan fingerprint density at radius 1 is 1.06 bits per heavy atom. The second-order valence-corrected chi connectivity index (χ2v) is 9.87. The molecule has 10 unspecified atom stereocenters. The molecule has 0 radical (unpaired) electrons. The summed E-state index contributed by atoms with van der Waals surface area (Å²) < 4.78 is 22.0. The highest BCUT2D eigenvalue weighted by atomic mass is 16.7. The Morgan fingerprint density at radius 3 is 2.42 bits per heavy atom. The summed E-state index contributed by atoms with van der Waals surface area (Å²) >= 11 is 0. The van der Waals surface area contributed by atoms with Gasteiger partial charge < -0.3 is 49.6 Å². The van der Waals surface area contributed by atoms with E-state index < -0.39 is 55.3 Å². The monoisotopic (exact) mass is 446 g/mol. The van der Waals surface area contributed by atoms with Crippen molar-refractivity contribution in [1.82, 2.24) is 0 Å². The summed E-state index contributed by atoms with van der Waals surface area (Å²) in [6, 6.07) is 0. The number of hydrogen-bond acceptors (Lipinski definition) is 10. The van der Waals surface area contributed by atoms with Crippen molar-refractivity contribution in [3.05, 3.63) is 11.6 Å². The third-order valence-corrected chi connectivity index (χ3v) is 7.67. The van der Waals surface area contributed by atoms with Crippen LogP contribution in [0.2, 0.25) is 0 Å². The van der Waals surface area contributed by atoms with Gasteiger partial charge in [-0.25, -0.2) is 0 Å². The summed E-state index contributed by atoms with van der Waals surface area (Å²) in [5.41, 5.74) is -0.452. The van der Waals surface area contributed by atoms with Gasteiger partial charge in [0, 0.05) is 0 Å². The van der Waals surface area contributed by atoms with E-state index in [4.69, 9.17) is 18.9 Å². The van der Waals surface area contributed by atoms with Crippen molar-refractivity contribution in [3.8, 4) is 0 Å². The van der Waals surface area contributed by atoms with Gasteiger partial charge in [-0.1, -0.05) is 19.9 Å². The van der Waals surface area contributed by atoms with E-state index in [1.807, 2.05) is 0 Å². The first kappa shape index (κ1) is 23.5. The molecule has 31 heavy (non-hydrogen) atoms. The molecule has 1 saturated carbocycles. The van der Waals surface area contributed by atoms with E-state index in [2.05, 4.69) is 19.9 Å². The van der Waals surface area contributed by atoms with Crippen LogP contribution in [0.5, 0.6) is 0 Å². The highest BCUT2D eigenvalue weighted by Crippen LogP contribution is 2.59. The number of aliphatic hydroxyl groups is 6. The van der Waals surface area contributed by atoms with Crippen LogP contribution in [0.3, 0.4) is 0 Å². The Kier molecular flexibility index (Phi) is 6.52. The summed E-state index contributed by atoms with van der Waals surface area (Å²) in [5, 5.41) is 60.1. The second kappa shape index (κ2) is 8.60. The molecule has 10 heteroatoms. The van der Waals surface area contributed by atoms with Gasteiger partial charge >= 0.3 is 0 Å². The normalized spacial score (nSPS) is 48.9. The molecule has 0 aromatic heterocycles. The molecule has 3 fully saturated rings. The number of rotatable bonds is 7. The zero-order valence-electron chi connectivity index (χ0n) is 17.8. The van der Waals surface area contributed by atoms with Gasteiger partial charge in [-0.15, -0.1) is 0 Å². The molecule has 2 aliphatic heterocycles. The SMILES string of the molecule is CC1(C)C2CC=C(COC3OC(COC4OCC(O)(CO)C4O)C(O)C(O)C3O)C1C2. The molecular formula is C21H34O10. The highest BCUT2D eigenvalue weighted by molar-refractivity contribution is 5.23. The largest absolute Gasteiger partial charge is 0.393 e. The lowest BCUT2D eigenvalue weighted by molar-refractivity contribution is -0.308. The van der Waals surface area contributed by atoms with Gasteiger partial charge in [0.1, 0.15) is 36.1 Å². The van der Waals surface area contributed by atoms with Crippen molar-refractivity contribution in [2.75, 3.05) is 26.4 Å². The maximum Gasteiger partial charge on any atom is 0.187 e. The predicted octanol–water partition coefficient (Wildman–Crippen LogP) is -1.74. The molecule has 2 saturated heterocycles. The third-order valence-electron chi connectivity index (χ3n) is 7.67. The van der Waals surface area contributed by atoms with Gasteiger partial charge in [-0.3, -0.25) is 0 Å². The average molecular weight is 446 g/mol. The van der Waals surface area contributed by atoms with Crippen molar-refractivity contribution >= 4 is 0 Å². The van der Waals surface area contributed by atoms with Gasteiger partial charge in [-0.2, -0.15) is 0 Å². The lowest BCUT2D eigenvalue weighted by Crippen LogP contribution is -2.60. The van der Waals surface area contributed by atoms with E-state index >= 15 is 0 Å². The van der Waals surface area contributed by atoms with Crippen LogP contribution in [0.25, 0.3) is 0 Å². The molecule has 10 atom stereocenters. The van der Waals surface area contributed by atoms with Crippen LogP contribution >= 0.6 is 0 Å². The quantitative estimate of drug-likeness (QED) is 0.248. The highest BCUT2D eigenvalue weighted by Gasteiger charge is 2.52. The van der Waals surface area contributed by atoms with Crippen molar-refractivity contribution in [2.45, 2.75) is 75.4 Å². The minimum absolute atomic E-state index is 0.226. The summed E-state index contributed by atoms with van der Waals surface area (Å²) in [6.07, 6.45) is -5.07. The number of aliphatic hydroxyl groups excluding tert-OH is 5. The Morgan fingerprint density at radius 2 is 1.81 bits per heavy atom. The predicted molar refractivity (Wildman–Crippen MR) is 104 cm³/mol. The molecule has 0 spiro atoms. The van der Waals surface area contributed by atoms with E-state index in [0.717, 1.165) is 18.4 Å². The smallest absolute Gasteiger partial charge is 0.187 e. The summed E-state index contributed by atoms with van der Waals surface area (Å²) in [5.74, 6) is 1.11. The fourth-order valence-electron chi connectivity index (χ4n) is 5.14. The van der Waals surface area contributed by atoms with Crippen LogP contribution in [0.1, 0.15) is 26.7 Å². The van der Waals surface area contributed by atoms with Crippen LogP contribution in [0, 0.1) is 17.3 Å². The van der Waals surface area contributed by atoms with Crippen LogP contribution < -0.4 is 0 Å². The Labute approximate surface area is 181 Å². The molecule has 5 aliphatic rings. The fraction of sp³-hybridized carbons (Fsp3) is 0.905. The van der Waals surface area contributed by atoms with E-state index in [9.17, 15) is 30.6 Å².